The minimum atomic E-state index is -0.883. The van der Waals surface area contributed by atoms with E-state index in [1.54, 1.807) is 7.11 Å². The maximum Gasteiger partial charge on any atom is 0.243 e. The lowest BCUT2D eigenvalue weighted by Gasteiger charge is -2.37. The number of fused-ring (bicyclic) bond motifs is 1. The topological polar surface area (TPSA) is 46.2 Å². The van der Waals surface area contributed by atoms with Gasteiger partial charge in [-0.25, -0.2) is 0 Å². The molecule has 0 saturated carbocycles. The Morgan fingerprint density at radius 2 is 1.83 bits per heavy atom. The monoisotopic (exact) mass is 404 g/mol. The predicted molar refractivity (Wildman–Crippen MR) is 112 cm³/mol. The summed E-state index contributed by atoms with van der Waals surface area (Å²) in [5.41, 5.74) is 3.18. The third-order valence-electron chi connectivity index (χ3n) is 5.68. The largest absolute Gasteiger partial charge is 0.497 e. The lowest BCUT2D eigenvalue weighted by Crippen LogP contribution is -2.43. The lowest BCUT2D eigenvalue weighted by molar-refractivity contribution is -0.170. The van der Waals surface area contributed by atoms with E-state index in [4.69, 9.17) is 23.7 Å². The molecule has 0 aliphatic carbocycles. The molecule has 5 heteroatoms. The van der Waals surface area contributed by atoms with E-state index in [-0.39, 0.29) is 12.9 Å². The highest BCUT2D eigenvalue weighted by Crippen LogP contribution is 2.48. The summed E-state index contributed by atoms with van der Waals surface area (Å²) < 4.78 is 30.0. The summed E-state index contributed by atoms with van der Waals surface area (Å²) in [5.74, 6) is 1.42. The zero-order valence-corrected chi connectivity index (χ0v) is 16.9. The van der Waals surface area contributed by atoms with Crippen molar-refractivity contribution >= 4 is 0 Å². The molecule has 0 aromatic heterocycles. The van der Waals surface area contributed by atoms with Crippen molar-refractivity contribution in [2.45, 2.75) is 31.3 Å². The first kappa shape index (κ1) is 19.0. The average Bonchev–Trinajstić information content (AvgIpc) is 3.20. The van der Waals surface area contributed by atoms with Crippen LogP contribution in [0.15, 0.2) is 72.8 Å². The highest BCUT2D eigenvalue weighted by molar-refractivity contribution is 5.44. The Bertz CT molecular complexity index is 1020. The molecule has 5 rings (SSSR count). The molecule has 2 heterocycles. The first-order valence-electron chi connectivity index (χ1n) is 10.1. The van der Waals surface area contributed by atoms with Gasteiger partial charge in [0, 0.05) is 18.1 Å². The van der Waals surface area contributed by atoms with Gasteiger partial charge in [0.25, 0.3) is 0 Å². The van der Waals surface area contributed by atoms with E-state index in [0.717, 1.165) is 40.4 Å². The fraction of sp³-hybridized carbons (Fsp3) is 0.280. The lowest BCUT2D eigenvalue weighted by atomic mass is 9.91. The maximum atomic E-state index is 6.42. The van der Waals surface area contributed by atoms with Gasteiger partial charge in [-0.05, 0) is 29.7 Å². The van der Waals surface area contributed by atoms with Crippen LogP contribution in [0, 0.1) is 0 Å². The molecule has 2 aliphatic heterocycles. The summed E-state index contributed by atoms with van der Waals surface area (Å²) in [6, 6.07) is 24.0. The van der Waals surface area contributed by atoms with Gasteiger partial charge in [-0.2, -0.15) is 0 Å². The number of benzene rings is 3. The van der Waals surface area contributed by atoms with Crippen LogP contribution in [0.25, 0.3) is 0 Å². The van der Waals surface area contributed by atoms with Crippen molar-refractivity contribution in [2.24, 2.45) is 0 Å². The van der Waals surface area contributed by atoms with Crippen LogP contribution in [-0.4, -0.2) is 19.7 Å². The Morgan fingerprint density at radius 1 is 1.00 bits per heavy atom. The van der Waals surface area contributed by atoms with E-state index in [2.05, 4.69) is 0 Å². The Hall–Kier alpha value is -3.02. The van der Waals surface area contributed by atoms with Gasteiger partial charge in [0.15, 0.2) is 12.9 Å². The second kappa shape index (κ2) is 8.01. The van der Waals surface area contributed by atoms with Crippen molar-refractivity contribution < 1.29 is 23.7 Å². The molecule has 2 aliphatic rings. The van der Waals surface area contributed by atoms with E-state index < -0.39 is 5.79 Å². The summed E-state index contributed by atoms with van der Waals surface area (Å²) in [6.45, 7) is 0.663. The highest BCUT2D eigenvalue weighted by atomic mass is 16.8. The third-order valence-corrected chi connectivity index (χ3v) is 5.68. The molecule has 154 valence electrons. The van der Waals surface area contributed by atoms with Gasteiger partial charge >= 0.3 is 0 Å². The fourth-order valence-corrected chi connectivity index (χ4v) is 4.09. The van der Waals surface area contributed by atoms with Crippen molar-refractivity contribution in [2.75, 3.05) is 13.9 Å². The predicted octanol–water partition coefficient (Wildman–Crippen LogP) is 5.04. The van der Waals surface area contributed by atoms with Gasteiger partial charge in [-0.1, -0.05) is 54.6 Å². The summed E-state index contributed by atoms with van der Waals surface area (Å²) >= 11 is 0. The van der Waals surface area contributed by atoms with Crippen LogP contribution in [0.3, 0.4) is 0 Å². The molecule has 0 radical (unpaired) electrons. The SMILES string of the molecule is COc1ccc2c(c1)O[C@]1(CC2)OCO[C@H]1c1ccccc1OCc1ccccc1. The number of methoxy groups -OCH3 is 1. The van der Waals surface area contributed by atoms with Crippen molar-refractivity contribution in [1.82, 2.24) is 0 Å². The van der Waals surface area contributed by atoms with Gasteiger partial charge in [-0.15, -0.1) is 0 Å². The highest BCUT2D eigenvalue weighted by Gasteiger charge is 2.51. The average molecular weight is 404 g/mol. The van der Waals surface area contributed by atoms with E-state index in [1.807, 2.05) is 72.8 Å². The number of hydrogen-bond donors (Lipinski definition) is 0. The standard InChI is InChI=1S/C25H24O5/c1-26-20-12-11-19-13-14-25(30-23(19)15-20)24(28-17-29-25)21-9-5-6-10-22(21)27-16-18-7-3-2-4-8-18/h2-12,15,24H,13-14,16-17H2,1H3/t24-,25-/m0/s1. The summed E-state index contributed by atoms with van der Waals surface area (Å²) in [4.78, 5) is 0. The van der Waals surface area contributed by atoms with Crippen molar-refractivity contribution in [1.29, 1.82) is 0 Å². The first-order chi connectivity index (χ1) is 14.8. The van der Waals surface area contributed by atoms with Crippen molar-refractivity contribution in [3.63, 3.8) is 0 Å². The molecule has 1 spiro atoms. The fourth-order valence-electron chi connectivity index (χ4n) is 4.09. The number of rotatable bonds is 5. The molecule has 0 unspecified atom stereocenters. The molecule has 5 nitrogen and oxygen atoms in total. The molecular weight excluding hydrogens is 380 g/mol. The van der Waals surface area contributed by atoms with Crippen LogP contribution >= 0.6 is 0 Å². The minimum Gasteiger partial charge on any atom is -0.497 e. The van der Waals surface area contributed by atoms with Gasteiger partial charge in [0.05, 0.1) is 7.11 Å². The minimum absolute atomic E-state index is 0.178. The van der Waals surface area contributed by atoms with Crippen LogP contribution in [0.2, 0.25) is 0 Å². The van der Waals surface area contributed by atoms with E-state index in [0.29, 0.717) is 13.0 Å². The Balaban J connectivity index is 1.43. The van der Waals surface area contributed by atoms with Crippen LogP contribution in [0.1, 0.15) is 29.2 Å². The zero-order valence-electron chi connectivity index (χ0n) is 16.9. The molecule has 30 heavy (non-hydrogen) atoms. The smallest absolute Gasteiger partial charge is 0.243 e. The molecule has 0 amide bonds. The van der Waals surface area contributed by atoms with Crippen LogP contribution in [-0.2, 0) is 22.5 Å². The van der Waals surface area contributed by atoms with Gasteiger partial charge in [0.2, 0.25) is 5.79 Å². The Kier molecular flexibility index (Phi) is 5.07. The molecule has 1 fully saturated rings. The van der Waals surface area contributed by atoms with E-state index >= 15 is 0 Å². The Labute approximate surface area is 176 Å². The number of hydrogen-bond acceptors (Lipinski definition) is 5. The number of ether oxygens (including phenoxy) is 5. The second-order valence-corrected chi connectivity index (χ2v) is 7.51. The van der Waals surface area contributed by atoms with Crippen LogP contribution < -0.4 is 14.2 Å². The zero-order chi connectivity index (χ0) is 20.4. The summed E-state index contributed by atoms with van der Waals surface area (Å²) in [6.07, 6.45) is 1.15. The van der Waals surface area contributed by atoms with Crippen molar-refractivity contribution in [3.8, 4) is 17.2 Å². The van der Waals surface area contributed by atoms with Gasteiger partial charge < -0.3 is 23.7 Å². The number of aryl methyl sites for hydroxylation is 1. The summed E-state index contributed by atoms with van der Waals surface area (Å²) in [5, 5.41) is 0. The summed E-state index contributed by atoms with van der Waals surface area (Å²) in [7, 11) is 1.65. The molecule has 3 aromatic rings. The maximum absolute atomic E-state index is 6.42. The normalized spacial score (nSPS) is 22.4. The molecule has 3 aromatic carbocycles. The van der Waals surface area contributed by atoms with E-state index in [9.17, 15) is 0 Å². The van der Waals surface area contributed by atoms with Gasteiger partial charge in [0.1, 0.15) is 23.9 Å². The van der Waals surface area contributed by atoms with Crippen LogP contribution in [0.4, 0.5) is 0 Å². The second-order valence-electron chi connectivity index (χ2n) is 7.51. The number of para-hydroxylation sites is 1. The first-order valence-corrected chi connectivity index (χ1v) is 10.1. The quantitative estimate of drug-likeness (QED) is 0.596. The molecule has 0 bridgehead atoms. The Morgan fingerprint density at radius 3 is 2.70 bits per heavy atom. The molecule has 0 N–H and O–H groups in total. The van der Waals surface area contributed by atoms with Crippen LogP contribution in [0.5, 0.6) is 17.2 Å². The molecule has 2 atom stereocenters. The van der Waals surface area contributed by atoms with E-state index in [1.165, 1.54) is 0 Å². The van der Waals surface area contributed by atoms with Gasteiger partial charge in [-0.3, -0.25) is 0 Å². The third kappa shape index (κ3) is 3.51. The van der Waals surface area contributed by atoms with Crippen molar-refractivity contribution in [3.05, 3.63) is 89.5 Å². The molecular formula is C25H24O5. The molecule has 1 saturated heterocycles.